The first-order valence-corrected chi connectivity index (χ1v) is 6.40. The fourth-order valence-electron chi connectivity index (χ4n) is 2.78. The molecule has 0 radical (unpaired) electrons. The summed E-state index contributed by atoms with van der Waals surface area (Å²) in [5.41, 5.74) is 2.97. The Kier molecular flexibility index (Phi) is 3.14. The summed E-state index contributed by atoms with van der Waals surface area (Å²) < 4.78 is 5.30. The van der Waals surface area contributed by atoms with Crippen molar-refractivity contribution in [3.8, 4) is 0 Å². The highest BCUT2D eigenvalue weighted by Gasteiger charge is 2.29. The summed E-state index contributed by atoms with van der Waals surface area (Å²) >= 11 is 0. The molecule has 0 aliphatic carbocycles. The molecule has 3 heteroatoms. The highest BCUT2D eigenvalue weighted by atomic mass is 16.5. The second-order valence-corrected chi connectivity index (χ2v) is 5.13. The van der Waals surface area contributed by atoms with E-state index in [1.54, 1.807) is 7.11 Å². The Morgan fingerprint density at radius 1 is 1.29 bits per heavy atom. The van der Waals surface area contributed by atoms with Crippen LogP contribution >= 0.6 is 0 Å². The third kappa shape index (κ3) is 2.37. The molecule has 0 spiro atoms. The Labute approximate surface area is 103 Å². The van der Waals surface area contributed by atoms with E-state index in [1.807, 2.05) is 0 Å². The highest BCUT2D eigenvalue weighted by molar-refractivity contribution is 5.30. The van der Waals surface area contributed by atoms with Gasteiger partial charge >= 0.3 is 0 Å². The monoisotopic (exact) mass is 232 g/mol. The van der Waals surface area contributed by atoms with E-state index in [2.05, 4.69) is 34.5 Å². The van der Waals surface area contributed by atoms with Crippen molar-refractivity contribution in [2.24, 2.45) is 0 Å². The number of nitrogens with zero attached hydrogens (tertiary/aromatic N) is 1. The van der Waals surface area contributed by atoms with Crippen LogP contribution in [0.5, 0.6) is 0 Å². The quantitative estimate of drug-likeness (QED) is 0.842. The lowest BCUT2D eigenvalue weighted by Gasteiger charge is -2.41. The van der Waals surface area contributed by atoms with Gasteiger partial charge in [0.1, 0.15) is 0 Å². The summed E-state index contributed by atoms with van der Waals surface area (Å²) in [5, 5.41) is 3.62. The Hall–Kier alpha value is -0.900. The number of methoxy groups -OCH3 is 1. The Balaban J connectivity index is 1.54. The summed E-state index contributed by atoms with van der Waals surface area (Å²) in [6.07, 6.45) is 1.62. The normalized spacial score (nSPS) is 25.4. The van der Waals surface area contributed by atoms with E-state index in [1.165, 1.54) is 11.1 Å². The standard InChI is InChI=1S/C14H20N2O/c1-17-14-9-16(10-14)8-13-6-11-4-2-3-5-12(11)7-15-13/h2-5,13-15H,6-10H2,1H3/t13-/m0/s1. The van der Waals surface area contributed by atoms with Gasteiger partial charge in [0.2, 0.25) is 0 Å². The molecule has 0 aromatic heterocycles. The maximum Gasteiger partial charge on any atom is 0.0824 e. The van der Waals surface area contributed by atoms with E-state index in [-0.39, 0.29) is 0 Å². The second-order valence-electron chi connectivity index (χ2n) is 5.13. The molecule has 0 saturated carbocycles. The van der Waals surface area contributed by atoms with E-state index in [4.69, 9.17) is 4.74 Å². The van der Waals surface area contributed by atoms with Crippen LogP contribution in [0.3, 0.4) is 0 Å². The van der Waals surface area contributed by atoms with Crippen LogP contribution in [0.25, 0.3) is 0 Å². The van der Waals surface area contributed by atoms with Crippen LogP contribution in [-0.4, -0.2) is 43.8 Å². The molecule has 1 fully saturated rings. The number of nitrogens with one attached hydrogen (secondary N) is 1. The molecule has 0 amide bonds. The van der Waals surface area contributed by atoms with Gasteiger partial charge in [0, 0.05) is 39.3 Å². The first-order valence-electron chi connectivity index (χ1n) is 6.40. The largest absolute Gasteiger partial charge is 0.379 e. The predicted octanol–water partition coefficient (Wildman–Crippen LogP) is 1.03. The number of ether oxygens (including phenoxy) is 1. The minimum Gasteiger partial charge on any atom is -0.379 e. The van der Waals surface area contributed by atoms with Crippen molar-refractivity contribution < 1.29 is 4.74 Å². The smallest absolute Gasteiger partial charge is 0.0824 e. The maximum absolute atomic E-state index is 5.30. The predicted molar refractivity (Wildman–Crippen MR) is 68.0 cm³/mol. The van der Waals surface area contributed by atoms with Gasteiger partial charge in [-0.25, -0.2) is 0 Å². The molecule has 17 heavy (non-hydrogen) atoms. The maximum atomic E-state index is 5.30. The third-order valence-electron chi connectivity index (χ3n) is 3.90. The van der Waals surface area contributed by atoms with Gasteiger partial charge in [-0.05, 0) is 17.5 Å². The molecule has 0 bridgehead atoms. The van der Waals surface area contributed by atoms with Crippen LogP contribution < -0.4 is 5.32 Å². The van der Waals surface area contributed by atoms with Crippen molar-refractivity contribution in [1.29, 1.82) is 0 Å². The highest BCUT2D eigenvalue weighted by Crippen LogP contribution is 2.18. The summed E-state index contributed by atoms with van der Waals surface area (Å²) in [4.78, 5) is 2.47. The van der Waals surface area contributed by atoms with Crippen molar-refractivity contribution in [2.45, 2.75) is 25.1 Å². The van der Waals surface area contributed by atoms with Gasteiger partial charge in [0.05, 0.1) is 6.10 Å². The molecule has 1 N–H and O–H groups in total. The van der Waals surface area contributed by atoms with Crippen LogP contribution in [0, 0.1) is 0 Å². The summed E-state index contributed by atoms with van der Waals surface area (Å²) in [7, 11) is 1.80. The Bertz CT molecular complexity index is 388. The average molecular weight is 232 g/mol. The number of fused-ring (bicyclic) bond motifs is 1. The number of likely N-dealkylation sites (tertiary alicyclic amines) is 1. The molecule has 3 nitrogen and oxygen atoms in total. The fourth-order valence-corrected chi connectivity index (χ4v) is 2.78. The molecule has 1 saturated heterocycles. The molecule has 2 aliphatic heterocycles. The van der Waals surface area contributed by atoms with E-state index in [9.17, 15) is 0 Å². The first kappa shape index (κ1) is 11.2. The molecule has 92 valence electrons. The zero-order valence-corrected chi connectivity index (χ0v) is 10.4. The lowest BCUT2D eigenvalue weighted by Crippen LogP contribution is -2.56. The van der Waals surface area contributed by atoms with Gasteiger partial charge < -0.3 is 10.1 Å². The van der Waals surface area contributed by atoms with Crippen molar-refractivity contribution in [3.63, 3.8) is 0 Å². The molecule has 1 aromatic carbocycles. The third-order valence-corrected chi connectivity index (χ3v) is 3.90. The minimum atomic E-state index is 0.464. The van der Waals surface area contributed by atoms with E-state index < -0.39 is 0 Å². The zero-order valence-electron chi connectivity index (χ0n) is 10.4. The average Bonchev–Trinajstić information content (AvgIpc) is 2.33. The fraction of sp³-hybridized carbons (Fsp3) is 0.571. The minimum absolute atomic E-state index is 0.464. The van der Waals surface area contributed by atoms with Gasteiger partial charge in [-0.2, -0.15) is 0 Å². The van der Waals surface area contributed by atoms with Gasteiger partial charge in [-0.1, -0.05) is 24.3 Å². The lowest BCUT2D eigenvalue weighted by atomic mass is 9.95. The van der Waals surface area contributed by atoms with Crippen LogP contribution in [-0.2, 0) is 17.7 Å². The summed E-state index contributed by atoms with van der Waals surface area (Å²) in [5.74, 6) is 0. The molecule has 2 heterocycles. The number of hydrogen-bond acceptors (Lipinski definition) is 3. The van der Waals surface area contributed by atoms with Crippen molar-refractivity contribution in [2.75, 3.05) is 26.7 Å². The van der Waals surface area contributed by atoms with E-state index >= 15 is 0 Å². The van der Waals surface area contributed by atoms with Crippen LogP contribution in [0.4, 0.5) is 0 Å². The van der Waals surface area contributed by atoms with Crippen LogP contribution in [0.1, 0.15) is 11.1 Å². The van der Waals surface area contributed by atoms with Crippen molar-refractivity contribution >= 4 is 0 Å². The van der Waals surface area contributed by atoms with Gasteiger partial charge in [0.25, 0.3) is 0 Å². The molecule has 2 aliphatic rings. The summed E-state index contributed by atoms with van der Waals surface area (Å²) in [6, 6.07) is 9.36. The van der Waals surface area contributed by atoms with E-state index in [0.717, 1.165) is 32.6 Å². The molecule has 3 rings (SSSR count). The van der Waals surface area contributed by atoms with Crippen molar-refractivity contribution in [1.82, 2.24) is 10.2 Å². The van der Waals surface area contributed by atoms with Crippen LogP contribution in [0.2, 0.25) is 0 Å². The van der Waals surface area contributed by atoms with Crippen molar-refractivity contribution in [3.05, 3.63) is 35.4 Å². The first-order chi connectivity index (χ1) is 8.35. The molecule has 1 atom stereocenters. The van der Waals surface area contributed by atoms with Gasteiger partial charge in [0.15, 0.2) is 0 Å². The Morgan fingerprint density at radius 3 is 2.82 bits per heavy atom. The topological polar surface area (TPSA) is 24.5 Å². The molecule has 0 unspecified atom stereocenters. The lowest BCUT2D eigenvalue weighted by molar-refractivity contribution is -0.0331. The SMILES string of the molecule is COC1CN(C[C@@H]2Cc3ccccc3CN2)C1. The van der Waals surface area contributed by atoms with E-state index in [0.29, 0.717) is 12.1 Å². The number of benzene rings is 1. The zero-order chi connectivity index (χ0) is 11.7. The van der Waals surface area contributed by atoms with Crippen LogP contribution in [0.15, 0.2) is 24.3 Å². The number of hydrogen-bond donors (Lipinski definition) is 1. The molecule has 1 aromatic rings. The second kappa shape index (κ2) is 4.77. The summed E-state index contributed by atoms with van der Waals surface area (Å²) in [6.45, 7) is 4.35. The number of rotatable bonds is 3. The van der Waals surface area contributed by atoms with Gasteiger partial charge in [-0.15, -0.1) is 0 Å². The Morgan fingerprint density at radius 2 is 2.06 bits per heavy atom. The molecular weight excluding hydrogens is 212 g/mol. The van der Waals surface area contributed by atoms with Gasteiger partial charge in [-0.3, -0.25) is 4.90 Å². The molecular formula is C14H20N2O.